The fourth-order valence-electron chi connectivity index (χ4n) is 4.92. The van der Waals surface area contributed by atoms with Crippen molar-refractivity contribution in [1.82, 2.24) is 14.9 Å². The van der Waals surface area contributed by atoms with Gasteiger partial charge in [0.1, 0.15) is 0 Å². The van der Waals surface area contributed by atoms with Gasteiger partial charge in [-0.1, -0.05) is 28.1 Å². The van der Waals surface area contributed by atoms with E-state index in [1.165, 1.54) is 7.11 Å². The van der Waals surface area contributed by atoms with Crippen molar-refractivity contribution in [2.24, 2.45) is 0 Å². The molecule has 1 fully saturated rings. The van der Waals surface area contributed by atoms with Gasteiger partial charge in [0.05, 0.1) is 30.5 Å². The van der Waals surface area contributed by atoms with Crippen molar-refractivity contribution >= 4 is 44.9 Å². The third kappa shape index (κ3) is 4.31. The topological polar surface area (TPSA) is 59.4 Å². The zero-order valence-electron chi connectivity index (χ0n) is 20.1. The van der Waals surface area contributed by atoms with Crippen LogP contribution >= 0.6 is 28.1 Å². The van der Waals surface area contributed by atoms with Crippen LogP contribution in [0.5, 0.6) is 0 Å². The maximum absolute atomic E-state index is 12.2. The number of methoxy groups -OCH3 is 1. The van der Waals surface area contributed by atoms with Gasteiger partial charge in [0, 0.05) is 33.4 Å². The summed E-state index contributed by atoms with van der Waals surface area (Å²) in [5.74, 6) is -0.360. The highest BCUT2D eigenvalue weighted by molar-refractivity contribution is 9.10. The van der Waals surface area contributed by atoms with Crippen molar-refractivity contribution in [2.45, 2.75) is 25.9 Å². The van der Waals surface area contributed by atoms with Crippen LogP contribution < -0.4 is 10.2 Å². The minimum Gasteiger partial charge on any atom is -0.465 e. The molecule has 1 saturated heterocycles. The fraction of sp³-hybridized carbons (Fsp3) is 0.179. The monoisotopic (exact) mass is 560 g/mol. The Morgan fingerprint density at radius 3 is 2.50 bits per heavy atom. The van der Waals surface area contributed by atoms with Crippen molar-refractivity contribution in [3.8, 4) is 5.69 Å². The normalized spacial score (nSPS) is 17.2. The Labute approximate surface area is 224 Å². The number of halogens is 1. The molecule has 0 saturated carbocycles. The maximum atomic E-state index is 12.2. The van der Waals surface area contributed by atoms with Crippen LogP contribution in [-0.4, -0.2) is 27.7 Å². The minimum absolute atomic E-state index is 0.127. The van der Waals surface area contributed by atoms with E-state index in [0.29, 0.717) is 10.7 Å². The Morgan fingerprint density at radius 1 is 1.03 bits per heavy atom. The van der Waals surface area contributed by atoms with E-state index in [1.807, 2.05) is 48.5 Å². The Kier molecular flexibility index (Phi) is 6.64. The highest BCUT2D eigenvalue weighted by atomic mass is 79.9. The molecule has 0 aliphatic carbocycles. The van der Waals surface area contributed by atoms with Crippen LogP contribution in [0.1, 0.15) is 45.1 Å². The number of aryl methyl sites for hydroxylation is 1. The Morgan fingerprint density at radius 2 is 1.81 bits per heavy atom. The lowest BCUT2D eigenvalue weighted by Crippen LogP contribution is -2.29. The largest absolute Gasteiger partial charge is 0.465 e. The van der Waals surface area contributed by atoms with E-state index in [-0.39, 0.29) is 18.1 Å². The van der Waals surface area contributed by atoms with Crippen LogP contribution in [-0.2, 0) is 4.74 Å². The Balaban J connectivity index is 1.66. The van der Waals surface area contributed by atoms with Crippen LogP contribution in [0.2, 0.25) is 0 Å². The number of esters is 1. The lowest BCUT2D eigenvalue weighted by atomic mass is 9.96. The standard InChI is InChI=1S/C28H25BrN4O2S/c1-17-15-23(18(2)32(17)22-8-6-7-19(16-22)27(34)35-3)26-25(24-9-4-5-14-30-24)31-28(36)33(26)21-12-10-20(29)11-13-21/h4-16,25-26H,1-3H3,(H,31,36)/t25-,26-/m0/s1. The number of aromatic nitrogens is 2. The van der Waals surface area contributed by atoms with Crippen molar-refractivity contribution in [3.63, 3.8) is 0 Å². The molecule has 3 heterocycles. The van der Waals surface area contributed by atoms with E-state index in [1.54, 1.807) is 12.3 Å². The first-order valence-electron chi connectivity index (χ1n) is 11.5. The number of nitrogens with one attached hydrogen (secondary N) is 1. The first-order valence-corrected chi connectivity index (χ1v) is 12.7. The number of carbonyl (C=O) groups excluding carboxylic acids is 1. The number of carbonyl (C=O) groups is 1. The zero-order chi connectivity index (χ0) is 25.4. The molecule has 0 amide bonds. The highest BCUT2D eigenvalue weighted by Crippen LogP contribution is 2.43. The molecule has 0 radical (unpaired) electrons. The minimum atomic E-state index is -0.360. The van der Waals surface area contributed by atoms with Gasteiger partial charge in [-0.3, -0.25) is 4.98 Å². The molecule has 1 aliphatic heterocycles. The lowest BCUT2D eigenvalue weighted by molar-refractivity contribution is 0.0600. The average Bonchev–Trinajstić information content (AvgIpc) is 3.39. The molecule has 2 atom stereocenters. The van der Waals surface area contributed by atoms with E-state index in [2.05, 4.69) is 67.7 Å². The molecule has 1 aliphatic rings. The van der Waals surface area contributed by atoms with Crippen molar-refractivity contribution in [2.75, 3.05) is 12.0 Å². The van der Waals surface area contributed by atoms with Gasteiger partial charge in [-0.05, 0) is 92.3 Å². The summed E-state index contributed by atoms with van der Waals surface area (Å²) >= 11 is 9.40. The van der Waals surface area contributed by atoms with Crippen LogP contribution in [0, 0.1) is 13.8 Å². The molecule has 5 rings (SSSR count). The number of ether oxygens (including phenoxy) is 1. The zero-order valence-corrected chi connectivity index (χ0v) is 22.5. The van der Waals surface area contributed by atoms with Crippen LogP contribution in [0.3, 0.4) is 0 Å². The number of thiocarbonyl (C=S) groups is 1. The molecule has 182 valence electrons. The van der Waals surface area contributed by atoms with Gasteiger partial charge in [0.2, 0.25) is 0 Å². The predicted octanol–water partition coefficient (Wildman–Crippen LogP) is 6.22. The molecule has 6 nitrogen and oxygen atoms in total. The molecule has 0 spiro atoms. The predicted molar refractivity (Wildman–Crippen MR) is 149 cm³/mol. The maximum Gasteiger partial charge on any atom is 0.337 e. The summed E-state index contributed by atoms with van der Waals surface area (Å²) in [5, 5.41) is 4.17. The molecule has 8 heteroatoms. The van der Waals surface area contributed by atoms with Gasteiger partial charge in [0.15, 0.2) is 5.11 Å². The highest BCUT2D eigenvalue weighted by Gasteiger charge is 2.42. The summed E-state index contributed by atoms with van der Waals surface area (Å²) in [5.41, 5.74) is 6.57. The molecule has 1 N–H and O–H groups in total. The Hall–Kier alpha value is -3.49. The molecule has 0 bridgehead atoms. The number of hydrogen-bond donors (Lipinski definition) is 1. The van der Waals surface area contributed by atoms with Crippen molar-refractivity contribution < 1.29 is 9.53 Å². The summed E-state index contributed by atoms with van der Waals surface area (Å²) in [6.07, 6.45) is 1.81. The van der Waals surface area contributed by atoms with Gasteiger partial charge < -0.3 is 19.5 Å². The number of benzene rings is 2. The van der Waals surface area contributed by atoms with E-state index in [9.17, 15) is 4.79 Å². The number of rotatable bonds is 5. The first-order chi connectivity index (χ1) is 17.4. The summed E-state index contributed by atoms with van der Waals surface area (Å²) in [4.78, 5) is 19.0. The summed E-state index contributed by atoms with van der Waals surface area (Å²) in [7, 11) is 1.39. The number of nitrogens with zero attached hydrogens (tertiary/aromatic N) is 3. The first kappa shape index (κ1) is 24.2. The van der Waals surface area contributed by atoms with E-state index in [4.69, 9.17) is 17.0 Å². The lowest BCUT2D eigenvalue weighted by Gasteiger charge is -2.28. The van der Waals surface area contributed by atoms with E-state index < -0.39 is 0 Å². The van der Waals surface area contributed by atoms with Gasteiger partial charge >= 0.3 is 5.97 Å². The Bertz CT molecular complexity index is 1440. The van der Waals surface area contributed by atoms with Gasteiger partial charge in [-0.25, -0.2) is 4.79 Å². The molecule has 2 aromatic carbocycles. The molecule has 2 aromatic heterocycles. The van der Waals surface area contributed by atoms with Crippen LogP contribution in [0.15, 0.2) is 83.5 Å². The molecule has 36 heavy (non-hydrogen) atoms. The fourth-order valence-corrected chi connectivity index (χ4v) is 5.54. The van der Waals surface area contributed by atoms with E-state index in [0.717, 1.165) is 38.5 Å². The second kappa shape index (κ2) is 9.87. The second-order valence-corrected chi connectivity index (χ2v) is 9.98. The average molecular weight is 562 g/mol. The third-order valence-corrected chi connectivity index (χ3v) is 7.36. The number of anilines is 1. The molecular weight excluding hydrogens is 536 g/mol. The molecule has 4 aromatic rings. The van der Waals surface area contributed by atoms with Gasteiger partial charge in [-0.15, -0.1) is 0 Å². The smallest absolute Gasteiger partial charge is 0.337 e. The second-order valence-electron chi connectivity index (χ2n) is 8.68. The summed E-state index contributed by atoms with van der Waals surface area (Å²) in [6.45, 7) is 4.17. The number of pyridine rings is 1. The molecular formula is C28H25BrN4O2S. The summed E-state index contributed by atoms with van der Waals surface area (Å²) in [6, 6.07) is 23.5. The quantitative estimate of drug-likeness (QED) is 0.231. The van der Waals surface area contributed by atoms with Crippen molar-refractivity contribution in [1.29, 1.82) is 0 Å². The van der Waals surface area contributed by atoms with Crippen LogP contribution in [0.25, 0.3) is 5.69 Å². The van der Waals surface area contributed by atoms with Crippen molar-refractivity contribution in [3.05, 3.63) is 112 Å². The number of hydrogen-bond acceptors (Lipinski definition) is 4. The van der Waals surface area contributed by atoms with Gasteiger partial charge in [0.25, 0.3) is 0 Å². The van der Waals surface area contributed by atoms with Crippen LogP contribution in [0.4, 0.5) is 5.69 Å². The van der Waals surface area contributed by atoms with E-state index >= 15 is 0 Å². The summed E-state index contributed by atoms with van der Waals surface area (Å²) < 4.78 is 8.10. The SMILES string of the molecule is COC(=O)c1cccc(-n2c(C)cc([C@H]3[C@H](c4ccccn4)NC(=S)N3c3ccc(Br)cc3)c2C)c1. The molecule has 0 unspecified atom stereocenters. The van der Waals surface area contributed by atoms with Gasteiger partial charge in [-0.2, -0.15) is 0 Å². The third-order valence-electron chi connectivity index (χ3n) is 6.52.